The lowest BCUT2D eigenvalue weighted by Crippen LogP contribution is -2.15. The van der Waals surface area contributed by atoms with Crippen molar-refractivity contribution in [2.45, 2.75) is 45.0 Å². The highest BCUT2D eigenvalue weighted by Crippen LogP contribution is 2.28. The number of hydrogen-bond acceptors (Lipinski definition) is 5. The molecule has 0 spiro atoms. The Morgan fingerprint density at radius 3 is 2.45 bits per heavy atom. The number of para-hydroxylation sites is 1. The Labute approximate surface area is 174 Å². The van der Waals surface area contributed by atoms with Gasteiger partial charge in [0.2, 0.25) is 0 Å². The van der Waals surface area contributed by atoms with Gasteiger partial charge < -0.3 is 4.57 Å². The van der Waals surface area contributed by atoms with Gasteiger partial charge in [0.1, 0.15) is 0 Å². The lowest BCUT2D eigenvalue weighted by Gasteiger charge is -2.12. The van der Waals surface area contributed by atoms with E-state index in [2.05, 4.69) is 19.7 Å². The Bertz CT molecular complexity index is 1210. The zero-order chi connectivity index (χ0) is 20.7. The maximum atomic E-state index is 13.3. The van der Waals surface area contributed by atoms with Crippen LogP contribution in [0.15, 0.2) is 47.6 Å². The van der Waals surface area contributed by atoms with Crippen molar-refractivity contribution in [3.05, 3.63) is 70.8 Å². The van der Waals surface area contributed by atoms with Gasteiger partial charge in [-0.25, -0.2) is 4.98 Å². The number of nitrogens with zero attached hydrogens (tertiary/aromatic N) is 5. The molecule has 0 N–H and O–H groups in total. The third-order valence-electron chi connectivity index (χ3n) is 5.03. The number of benzene rings is 1. The molecule has 0 saturated carbocycles. The molecule has 7 heteroatoms. The first-order valence-electron chi connectivity index (χ1n) is 9.51. The number of hydrogen-bond donors (Lipinski definition) is 0. The zero-order valence-corrected chi connectivity index (χ0v) is 18.0. The minimum atomic E-state index is -0.298. The number of Topliss-reactive ketones (excluding diaryl/α,β-unsaturated/α-hetero) is 1. The fraction of sp³-hybridized carbons (Fsp3) is 0.273. The van der Waals surface area contributed by atoms with Crippen molar-refractivity contribution < 1.29 is 4.79 Å². The Morgan fingerprint density at radius 1 is 1.00 bits per heavy atom. The van der Waals surface area contributed by atoms with Crippen LogP contribution in [0, 0.1) is 27.7 Å². The Kier molecular flexibility index (Phi) is 5.00. The molecule has 6 nitrogen and oxygen atoms in total. The Hall–Kier alpha value is -2.93. The second-order valence-electron chi connectivity index (χ2n) is 7.24. The van der Waals surface area contributed by atoms with Gasteiger partial charge in [-0.2, -0.15) is 0 Å². The monoisotopic (exact) mass is 405 g/mol. The number of fused-ring (bicyclic) bond motifs is 1. The van der Waals surface area contributed by atoms with Gasteiger partial charge >= 0.3 is 0 Å². The van der Waals surface area contributed by atoms with Crippen molar-refractivity contribution in [2.75, 3.05) is 0 Å². The van der Waals surface area contributed by atoms with Gasteiger partial charge in [-0.15, -0.1) is 10.2 Å². The molecular formula is C22H23N5OS. The smallest absolute Gasteiger partial charge is 0.256 e. The summed E-state index contributed by atoms with van der Waals surface area (Å²) < 4.78 is 4.02. The molecule has 0 fully saturated rings. The molecule has 0 aliphatic carbocycles. The van der Waals surface area contributed by atoms with E-state index < -0.39 is 0 Å². The van der Waals surface area contributed by atoms with E-state index in [9.17, 15) is 4.79 Å². The summed E-state index contributed by atoms with van der Waals surface area (Å²) in [6, 6.07) is 14.0. The van der Waals surface area contributed by atoms with Gasteiger partial charge in [0.15, 0.2) is 10.9 Å². The van der Waals surface area contributed by atoms with Gasteiger partial charge in [0.25, 0.3) is 5.78 Å². The molecule has 3 heterocycles. The number of rotatable bonds is 5. The summed E-state index contributed by atoms with van der Waals surface area (Å²) in [4.78, 5) is 17.7. The molecule has 1 aromatic carbocycles. The van der Waals surface area contributed by atoms with Crippen LogP contribution in [0.3, 0.4) is 0 Å². The van der Waals surface area contributed by atoms with Crippen molar-refractivity contribution in [1.29, 1.82) is 0 Å². The average Bonchev–Trinajstić information content (AvgIpc) is 3.22. The summed E-state index contributed by atoms with van der Waals surface area (Å²) in [7, 11) is 0. The molecule has 4 aromatic rings. The number of aromatic nitrogens is 5. The van der Waals surface area contributed by atoms with Crippen LogP contribution in [0.25, 0.3) is 11.5 Å². The fourth-order valence-corrected chi connectivity index (χ4v) is 4.66. The van der Waals surface area contributed by atoms with Crippen molar-refractivity contribution in [1.82, 2.24) is 24.1 Å². The average molecular weight is 406 g/mol. The zero-order valence-electron chi connectivity index (χ0n) is 17.2. The molecule has 0 amide bonds. The predicted octanol–water partition coefficient (Wildman–Crippen LogP) is 4.51. The molecule has 0 bridgehead atoms. The molecule has 148 valence electrons. The van der Waals surface area contributed by atoms with Crippen LogP contribution in [0.1, 0.15) is 40.1 Å². The predicted molar refractivity (Wildman–Crippen MR) is 115 cm³/mol. The number of thioether (sulfide) groups is 1. The van der Waals surface area contributed by atoms with Crippen molar-refractivity contribution in [3.63, 3.8) is 0 Å². The molecule has 0 aliphatic heterocycles. The number of carbonyl (C=O) groups excluding carboxylic acids is 1. The highest BCUT2D eigenvalue weighted by molar-refractivity contribution is 8.00. The summed E-state index contributed by atoms with van der Waals surface area (Å²) in [5.41, 5.74) is 5.69. The van der Waals surface area contributed by atoms with E-state index in [-0.39, 0.29) is 11.0 Å². The fourth-order valence-electron chi connectivity index (χ4n) is 3.69. The Morgan fingerprint density at radius 2 is 1.72 bits per heavy atom. The van der Waals surface area contributed by atoms with Crippen molar-refractivity contribution >= 4 is 23.3 Å². The van der Waals surface area contributed by atoms with Crippen LogP contribution in [-0.4, -0.2) is 35.2 Å². The molecule has 0 radical (unpaired) electrons. The molecule has 4 rings (SSSR count). The van der Waals surface area contributed by atoms with E-state index >= 15 is 0 Å². The third-order valence-corrected chi connectivity index (χ3v) is 6.07. The van der Waals surface area contributed by atoms with Gasteiger partial charge in [-0.05, 0) is 58.9 Å². The minimum Gasteiger partial charge on any atom is -0.318 e. The maximum Gasteiger partial charge on any atom is 0.256 e. The van der Waals surface area contributed by atoms with Crippen molar-refractivity contribution in [2.24, 2.45) is 0 Å². The lowest BCUT2D eigenvalue weighted by atomic mass is 10.1. The molecule has 29 heavy (non-hydrogen) atoms. The summed E-state index contributed by atoms with van der Waals surface area (Å²) >= 11 is 1.41. The number of carbonyl (C=O) groups is 1. The first-order chi connectivity index (χ1) is 13.9. The van der Waals surface area contributed by atoms with Crippen LogP contribution >= 0.6 is 11.8 Å². The van der Waals surface area contributed by atoms with Gasteiger partial charge in [-0.1, -0.05) is 30.0 Å². The van der Waals surface area contributed by atoms with E-state index in [0.717, 1.165) is 34.0 Å². The van der Waals surface area contributed by atoms with E-state index in [1.807, 2.05) is 81.5 Å². The first-order valence-corrected chi connectivity index (χ1v) is 10.4. The SMILES string of the molecule is Cc1cc(C)n2c(S[C@@H](C)C(=O)c3cc(C)n(-c4ccccc4)c3C)nnc2n1. The highest BCUT2D eigenvalue weighted by Gasteiger charge is 2.24. The molecule has 0 aliphatic rings. The third kappa shape index (κ3) is 3.46. The summed E-state index contributed by atoms with van der Waals surface area (Å²) in [5, 5.41) is 8.81. The van der Waals surface area contributed by atoms with E-state index in [4.69, 9.17) is 0 Å². The van der Waals surface area contributed by atoms with E-state index in [0.29, 0.717) is 10.9 Å². The molecule has 1 atom stereocenters. The quantitative estimate of drug-likeness (QED) is 0.361. The molecule has 0 saturated heterocycles. The molecule has 3 aromatic heterocycles. The molecule has 0 unspecified atom stereocenters. The summed E-state index contributed by atoms with van der Waals surface area (Å²) in [5.74, 6) is 0.645. The van der Waals surface area contributed by atoms with Gasteiger partial charge in [0, 0.05) is 34.0 Å². The minimum absolute atomic E-state index is 0.0831. The van der Waals surface area contributed by atoms with Crippen LogP contribution in [0.5, 0.6) is 0 Å². The van der Waals surface area contributed by atoms with Gasteiger partial charge in [-0.3, -0.25) is 9.20 Å². The van der Waals surface area contributed by atoms with Crippen LogP contribution in [-0.2, 0) is 0 Å². The topological polar surface area (TPSA) is 65.1 Å². The number of ketones is 1. The van der Waals surface area contributed by atoms with Crippen LogP contribution in [0.2, 0.25) is 0 Å². The lowest BCUT2D eigenvalue weighted by molar-refractivity contribution is 0.0993. The second-order valence-corrected chi connectivity index (χ2v) is 8.54. The van der Waals surface area contributed by atoms with Gasteiger partial charge in [0.05, 0.1) is 5.25 Å². The van der Waals surface area contributed by atoms with E-state index in [1.165, 1.54) is 11.8 Å². The van der Waals surface area contributed by atoms with E-state index in [1.54, 1.807) is 0 Å². The normalized spacial score (nSPS) is 12.4. The summed E-state index contributed by atoms with van der Waals surface area (Å²) in [6.07, 6.45) is 0. The standard InChI is InChI=1S/C22H23N5OS/c1-13-11-14(2)27-21(23-13)24-25-22(27)29-17(5)20(28)19-12-15(3)26(16(19)4)18-9-7-6-8-10-18/h6-12,17H,1-5H3/t17-/m0/s1. The first kappa shape index (κ1) is 19.4. The Balaban J connectivity index is 1.64. The number of aryl methyl sites for hydroxylation is 3. The van der Waals surface area contributed by atoms with Crippen LogP contribution < -0.4 is 0 Å². The largest absolute Gasteiger partial charge is 0.318 e. The summed E-state index contributed by atoms with van der Waals surface area (Å²) in [6.45, 7) is 9.86. The maximum absolute atomic E-state index is 13.3. The molecular weight excluding hydrogens is 382 g/mol. The second kappa shape index (κ2) is 7.48. The van der Waals surface area contributed by atoms with Crippen molar-refractivity contribution in [3.8, 4) is 5.69 Å². The van der Waals surface area contributed by atoms with Crippen LogP contribution in [0.4, 0.5) is 0 Å². The highest BCUT2D eigenvalue weighted by atomic mass is 32.2.